The summed E-state index contributed by atoms with van der Waals surface area (Å²) in [7, 11) is 1.60. The molecule has 2 aromatic rings. The molecule has 2 N–H and O–H groups in total. The molecule has 0 saturated heterocycles. The van der Waals surface area contributed by atoms with E-state index >= 15 is 0 Å². The van der Waals surface area contributed by atoms with E-state index in [0.29, 0.717) is 11.0 Å². The highest BCUT2D eigenvalue weighted by Gasteiger charge is 2.15. The molecular weight excluding hydrogens is 342 g/mol. The van der Waals surface area contributed by atoms with Crippen LogP contribution < -0.4 is 10.6 Å². The molecule has 0 saturated carbocycles. The van der Waals surface area contributed by atoms with Crippen molar-refractivity contribution < 1.29 is 4.74 Å². The smallest absolute Gasteiger partial charge is 0.201 e. The lowest BCUT2D eigenvalue weighted by molar-refractivity contribution is 0.390. The van der Waals surface area contributed by atoms with Gasteiger partial charge < -0.3 is 15.4 Å². The Morgan fingerprint density at radius 3 is 1.81 bits per heavy atom. The molecule has 0 aliphatic rings. The highest BCUT2D eigenvalue weighted by molar-refractivity contribution is 7.80. The van der Waals surface area contributed by atoms with Crippen LogP contribution in [-0.2, 0) is 4.74 Å². The van der Waals surface area contributed by atoms with Crippen LogP contribution in [0.25, 0.3) is 0 Å². The molecule has 4 nitrogen and oxygen atoms in total. The number of nitrogens with one attached hydrogen (secondary N) is 2. The zero-order valence-corrected chi connectivity index (χ0v) is 16.7. The fourth-order valence-corrected chi connectivity index (χ4v) is 2.61. The lowest BCUT2D eigenvalue weighted by Gasteiger charge is -2.17. The molecule has 0 aliphatic carbocycles. The standard InChI is InChI=1S/C21H27N3OS/c1-5-6-19(20(26)25-4)24-21(22-17-11-7-15(2)8-12-17)23-18-13-9-16(3)10-14-18/h7-14,19H,5-6H2,1-4H3,(H2,22,23,24). The lowest BCUT2D eigenvalue weighted by Crippen LogP contribution is -2.28. The molecule has 1 unspecified atom stereocenters. The second-order valence-corrected chi connectivity index (χ2v) is 6.69. The van der Waals surface area contributed by atoms with Gasteiger partial charge in [-0.3, -0.25) is 0 Å². The van der Waals surface area contributed by atoms with Gasteiger partial charge in [0.2, 0.25) is 5.96 Å². The summed E-state index contributed by atoms with van der Waals surface area (Å²) in [6.45, 7) is 6.25. The Hall–Kier alpha value is -2.40. The number of ether oxygens (including phenoxy) is 1. The van der Waals surface area contributed by atoms with Crippen LogP contribution >= 0.6 is 12.2 Å². The predicted octanol–water partition coefficient (Wildman–Crippen LogP) is 5.33. The molecule has 26 heavy (non-hydrogen) atoms. The maximum atomic E-state index is 5.34. The molecule has 0 radical (unpaired) electrons. The van der Waals surface area contributed by atoms with Crippen molar-refractivity contribution in [2.24, 2.45) is 4.99 Å². The summed E-state index contributed by atoms with van der Waals surface area (Å²) in [5.74, 6) is 0.649. The van der Waals surface area contributed by atoms with E-state index in [1.165, 1.54) is 11.1 Å². The minimum atomic E-state index is -0.175. The number of guanidine groups is 1. The average molecular weight is 370 g/mol. The van der Waals surface area contributed by atoms with Crippen molar-refractivity contribution in [1.82, 2.24) is 0 Å². The van der Waals surface area contributed by atoms with Crippen molar-refractivity contribution in [3.8, 4) is 0 Å². The number of hydrogen-bond donors (Lipinski definition) is 2. The Labute approximate surface area is 161 Å². The summed E-state index contributed by atoms with van der Waals surface area (Å²) in [4.78, 5) is 4.80. The Balaban J connectivity index is 2.28. The number of thiocarbonyl (C=S) groups is 1. The summed E-state index contributed by atoms with van der Waals surface area (Å²) in [6, 6.07) is 16.2. The van der Waals surface area contributed by atoms with E-state index in [4.69, 9.17) is 21.9 Å². The van der Waals surface area contributed by atoms with E-state index in [-0.39, 0.29) is 6.04 Å². The van der Waals surface area contributed by atoms with Crippen LogP contribution in [0.5, 0.6) is 0 Å². The maximum absolute atomic E-state index is 5.34. The molecule has 0 amide bonds. The van der Waals surface area contributed by atoms with Crippen LogP contribution in [0.2, 0.25) is 0 Å². The quantitative estimate of drug-likeness (QED) is 0.411. The zero-order valence-electron chi connectivity index (χ0n) is 15.9. The van der Waals surface area contributed by atoms with Gasteiger partial charge in [0, 0.05) is 11.4 Å². The number of methoxy groups -OCH3 is 1. The third kappa shape index (κ3) is 6.15. The van der Waals surface area contributed by atoms with Gasteiger partial charge in [-0.05, 0) is 56.8 Å². The number of anilines is 2. The summed E-state index contributed by atoms with van der Waals surface area (Å²) >= 11 is 5.34. The number of aryl methyl sites for hydroxylation is 2. The first-order chi connectivity index (χ1) is 12.5. The van der Waals surface area contributed by atoms with Gasteiger partial charge in [-0.25, -0.2) is 4.99 Å². The molecule has 0 fully saturated rings. The monoisotopic (exact) mass is 369 g/mol. The van der Waals surface area contributed by atoms with Gasteiger partial charge in [0.05, 0.1) is 7.11 Å². The third-order valence-corrected chi connectivity index (χ3v) is 4.39. The summed E-state index contributed by atoms with van der Waals surface area (Å²) in [6.07, 6.45) is 1.81. The fraction of sp³-hybridized carbons (Fsp3) is 0.333. The van der Waals surface area contributed by atoms with Gasteiger partial charge >= 0.3 is 0 Å². The van der Waals surface area contributed by atoms with Crippen LogP contribution in [0.3, 0.4) is 0 Å². The highest BCUT2D eigenvalue weighted by atomic mass is 32.1. The van der Waals surface area contributed by atoms with Gasteiger partial charge in [0.15, 0.2) is 5.05 Å². The van der Waals surface area contributed by atoms with E-state index in [0.717, 1.165) is 24.2 Å². The summed E-state index contributed by atoms with van der Waals surface area (Å²) in [5, 5.41) is 7.22. The van der Waals surface area contributed by atoms with E-state index in [1.807, 2.05) is 24.3 Å². The van der Waals surface area contributed by atoms with E-state index in [2.05, 4.69) is 55.7 Å². The largest absolute Gasteiger partial charge is 0.488 e. The van der Waals surface area contributed by atoms with Crippen molar-refractivity contribution in [2.45, 2.75) is 39.7 Å². The molecule has 0 heterocycles. The molecule has 0 aliphatic heterocycles. The molecule has 1 atom stereocenters. The number of hydrogen-bond acceptors (Lipinski definition) is 3. The Morgan fingerprint density at radius 2 is 1.42 bits per heavy atom. The van der Waals surface area contributed by atoms with Crippen LogP contribution in [-0.4, -0.2) is 24.2 Å². The van der Waals surface area contributed by atoms with Crippen molar-refractivity contribution in [3.63, 3.8) is 0 Å². The van der Waals surface area contributed by atoms with Crippen molar-refractivity contribution in [1.29, 1.82) is 0 Å². The molecule has 2 aromatic carbocycles. The first-order valence-electron chi connectivity index (χ1n) is 8.85. The van der Waals surface area contributed by atoms with Crippen molar-refractivity contribution in [3.05, 3.63) is 59.7 Å². The number of nitrogens with zero attached hydrogens (tertiary/aromatic N) is 1. The molecular formula is C21H27N3OS. The van der Waals surface area contributed by atoms with Gasteiger partial charge in [-0.1, -0.05) is 48.7 Å². The highest BCUT2D eigenvalue weighted by Crippen LogP contribution is 2.14. The van der Waals surface area contributed by atoms with Crippen LogP contribution in [0, 0.1) is 13.8 Å². The Morgan fingerprint density at radius 1 is 0.962 bits per heavy atom. The molecule has 5 heteroatoms. The number of aliphatic imine (C=N–C) groups is 1. The normalized spacial score (nSPS) is 11.4. The van der Waals surface area contributed by atoms with Gasteiger partial charge in [-0.2, -0.15) is 0 Å². The molecule has 138 valence electrons. The van der Waals surface area contributed by atoms with E-state index in [1.54, 1.807) is 7.11 Å². The van der Waals surface area contributed by atoms with Crippen molar-refractivity contribution in [2.75, 3.05) is 17.7 Å². The minimum absolute atomic E-state index is 0.175. The fourth-order valence-electron chi connectivity index (χ4n) is 2.44. The van der Waals surface area contributed by atoms with Crippen molar-refractivity contribution >= 4 is 34.6 Å². The van der Waals surface area contributed by atoms with E-state index < -0.39 is 0 Å². The summed E-state index contributed by atoms with van der Waals surface area (Å²) < 4.78 is 5.27. The summed E-state index contributed by atoms with van der Waals surface area (Å²) in [5.41, 5.74) is 4.36. The van der Waals surface area contributed by atoms with E-state index in [9.17, 15) is 0 Å². The first kappa shape index (κ1) is 19.9. The Bertz CT molecular complexity index is 689. The van der Waals surface area contributed by atoms with Crippen LogP contribution in [0.15, 0.2) is 53.5 Å². The second kappa shape index (κ2) is 9.92. The molecule has 0 spiro atoms. The maximum Gasteiger partial charge on any atom is 0.201 e. The third-order valence-electron chi connectivity index (χ3n) is 3.95. The second-order valence-electron chi connectivity index (χ2n) is 6.29. The SMILES string of the molecule is CCCC(N=C(Nc1ccc(C)cc1)Nc1ccc(C)cc1)C(=S)OC. The average Bonchev–Trinajstić information content (AvgIpc) is 2.64. The minimum Gasteiger partial charge on any atom is -0.488 e. The number of benzene rings is 2. The molecule has 0 bridgehead atoms. The topological polar surface area (TPSA) is 45.7 Å². The van der Waals surface area contributed by atoms with Gasteiger partial charge in [0.1, 0.15) is 6.04 Å². The predicted molar refractivity (Wildman–Crippen MR) is 115 cm³/mol. The molecule has 0 aromatic heterocycles. The van der Waals surface area contributed by atoms with Gasteiger partial charge in [-0.15, -0.1) is 0 Å². The van der Waals surface area contributed by atoms with Crippen LogP contribution in [0.1, 0.15) is 30.9 Å². The van der Waals surface area contributed by atoms with Gasteiger partial charge in [0.25, 0.3) is 0 Å². The first-order valence-corrected chi connectivity index (χ1v) is 9.25. The number of rotatable bonds is 6. The zero-order chi connectivity index (χ0) is 18.9. The Kier molecular flexibility index (Phi) is 7.60. The van der Waals surface area contributed by atoms with Crippen LogP contribution in [0.4, 0.5) is 11.4 Å². The lowest BCUT2D eigenvalue weighted by atomic mass is 10.2. The molecule has 2 rings (SSSR count).